The standard InChI is InChI=1S/C37H33F2N5O4S.ClH/c1-3-42(21-24-11-6-4-7-12-24)22-29-32-34(45)44(27-13-8-5-9-14-27)37(47)43(23-28-30(38)15-10-16-31(28)39)35(32)49-33(29)25-17-19-26(20-18-25)40-36(46)41-48-2;/h4-20H,3,21-23H2,1-2H3,(H2,40,41,46);1H. The van der Waals surface area contributed by atoms with E-state index in [9.17, 15) is 14.4 Å². The van der Waals surface area contributed by atoms with Gasteiger partial charge >= 0.3 is 11.7 Å². The molecule has 0 aliphatic carbocycles. The average molecular weight is 718 g/mol. The number of nitrogens with zero attached hydrogens (tertiary/aromatic N) is 3. The molecule has 0 radical (unpaired) electrons. The molecule has 0 aliphatic rings. The number of fused-ring (bicyclic) bond motifs is 1. The van der Waals surface area contributed by atoms with Crippen molar-refractivity contribution in [2.75, 3.05) is 19.0 Å². The topological polar surface area (TPSA) is 97.6 Å². The second-order valence-corrected chi connectivity index (χ2v) is 12.3. The summed E-state index contributed by atoms with van der Waals surface area (Å²) in [5.41, 5.74) is 3.99. The number of hydrogen-bond donors (Lipinski definition) is 2. The van der Waals surface area contributed by atoms with Crippen LogP contribution in [0.1, 0.15) is 23.6 Å². The van der Waals surface area contributed by atoms with E-state index in [0.29, 0.717) is 46.3 Å². The third-order valence-corrected chi connectivity index (χ3v) is 9.45. The van der Waals surface area contributed by atoms with Crippen molar-refractivity contribution in [1.82, 2.24) is 19.5 Å². The average Bonchev–Trinajstić information content (AvgIpc) is 3.48. The first-order valence-corrected chi connectivity index (χ1v) is 16.4. The van der Waals surface area contributed by atoms with Gasteiger partial charge in [0.2, 0.25) is 0 Å². The van der Waals surface area contributed by atoms with Crippen LogP contribution in [-0.4, -0.2) is 33.7 Å². The molecule has 2 heterocycles. The number of amides is 2. The van der Waals surface area contributed by atoms with Gasteiger partial charge in [0.15, 0.2) is 0 Å². The van der Waals surface area contributed by atoms with E-state index in [1.165, 1.54) is 29.1 Å². The van der Waals surface area contributed by atoms with Crippen LogP contribution in [0.2, 0.25) is 0 Å². The Morgan fingerprint density at radius 3 is 2.10 bits per heavy atom. The highest BCUT2D eigenvalue weighted by Crippen LogP contribution is 2.39. The Kier molecular flexibility index (Phi) is 11.6. The number of aromatic nitrogens is 2. The molecule has 258 valence electrons. The van der Waals surface area contributed by atoms with Gasteiger partial charge in [-0.25, -0.2) is 28.4 Å². The highest BCUT2D eigenvalue weighted by Gasteiger charge is 2.26. The maximum absolute atomic E-state index is 15.1. The van der Waals surface area contributed by atoms with Crippen LogP contribution in [0.3, 0.4) is 0 Å². The number of anilines is 1. The minimum atomic E-state index is -0.796. The number of urea groups is 1. The van der Waals surface area contributed by atoms with Gasteiger partial charge in [0.05, 0.1) is 24.7 Å². The van der Waals surface area contributed by atoms with E-state index in [1.807, 2.05) is 37.3 Å². The van der Waals surface area contributed by atoms with Gasteiger partial charge in [-0.05, 0) is 59.6 Å². The van der Waals surface area contributed by atoms with Crippen LogP contribution in [0.25, 0.3) is 26.3 Å². The highest BCUT2D eigenvalue weighted by atomic mass is 35.5. The van der Waals surface area contributed by atoms with Gasteiger partial charge in [0.25, 0.3) is 5.56 Å². The van der Waals surface area contributed by atoms with Gasteiger partial charge < -0.3 is 5.32 Å². The predicted octanol–water partition coefficient (Wildman–Crippen LogP) is 7.33. The number of carbonyl (C=O) groups is 1. The van der Waals surface area contributed by atoms with Crippen molar-refractivity contribution in [2.24, 2.45) is 0 Å². The van der Waals surface area contributed by atoms with Crippen molar-refractivity contribution in [2.45, 2.75) is 26.6 Å². The van der Waals surface area contributed by atoms with E-state index in [4.69, 9.17) is 0 Å². The summed E-state index contributed by atoms with van der Waals surface area (Å²) in [6.07, 6.45) is 0. The Labute approximate surface area is 296 Å². The van der Waals surface area contributed by atoms with Crippen molar-refractivity contribution in [3.05, 3.63) is 152 Å². The molecule has 0 aliphatic heterocycles. The van der Waals surface area contributed by atoms with Crippen LogP contribution < -0.4 is 22.0 Å². The number of rotatable bonds is 11. The zero-order valence-electron chi connectivity index (χ0n) is 27.2. The van der Waals surface area contributed by atoms with Crippen LogP contribution in [0.15, 0.2) is 113 Å². The maximum Gasteiger partial charge on any atom is 0.343 e. The molecule has 0 spiro atoms. The number of thiophene rings is 1. The van der Waals surface area contributed by atoms with E-state index >= 15 is 8.78 Å². The molecule has 9 nitrogen and oxygen atoms in total. The monoisotopic (exact) mass is 717 g/mol. The smallest absolute Gasteiger partial charge is 0.306 e. The lowest BCUT2D eigenvalue weighted by molar-refractivity contribution is 0.114. The molecule has 0 fully saturated rings. The van der Waals surface area contributed by atoms with Gasteiger partial charge in [-0.3, -0.25) is 19.1 Å². The number of para-hydroxylation sites is 1. The van der Waals surface area contributed by atoms with Crippen molar-refractivity contribution in [1.29, 1.82) is 0 Å². The van der Waals surface area contributed by atoms with Crippen molar-refractivity contribution < 1.29 is 18.4 Å². The van der Waals surface area contributed by atoms with E-state index in [1.54, 1.807) is 54.6 Å². The molecule has 4 aromatic carbocycles. The molecule has 2 amide bonds. The molecular formula is C37H34ClF2N5O4S. The van der Waals surface area contributed by atoms with Crippen molar-refractivity contribution in [3.8, 4) is 16.1 Å². The second kappa shape index (κ2) is 16.0. The molecule has 6 rings (SSSR count). The predicted molar refractivity (Wildman–Crippen MR) is 195 cm³/mol. The number of nitrogens with one attached hydrogen (secondary N) is 2. The number of benzene rings is 4. The lowest BCUT2D eigenvalue weighted by Crippen LogP contribution is -2.39. The molecule has 0 unspecified atom stereocenters. The molecule has 2 N–H and O–H groups in total. The molecule has 50 heavy (non-hydrogen) atoms. The Morgan fingerprint density at radius 1 is 0.840 bits per heavy atom. The van der Waals surface area contributed by atoms with Gasteiger partial charge in [-0.2, -0.15) is 0 Å². The molecule has 0 bridgehead atoms. The van der Waals surface area contributed by atoms with Crippen molar-refractivity contribution in [3.63, 3.8) is 0 Å². The zero-order valence-corrected chi connectivity index (χ0v) is 28.8. The van der Waals surface area contributed by atoms with Gasteiger partial charge in [0, 0.05) is 29.2 Å². The number of hydroxylamine groups is 1. The summed E-state index contributed by atoms with van der Waals surface area (Å²) < 4.78 is 32.4. The molecular weight excluding hydrogens is 684 g/mol. The zero-order chi connectivity index (χ0) is 34.5. The largest absolute Gasteiger partial charge is 0.343 e. The van der Waals surface area contributed by atoms with Gasteiger partial charge in [-0.15, -0.1) is 23.7 Å². The second-order valence-electron chi connectivity index (χ2n) is 11.3. The van der Waals surface area contributed by atoms with Gasteiger partial charge in [0.1, 0.15) is 16.5 Å². The van der Waals surface area contributed by atoms with E-state index in [-0.39, 0.29) is 23.4 Å². The fraction of sp³-hybridized carbons (Fsp3) is 0.162. The Hall–Kier alpha value is -5.14. The van der Waals surface area contributed by atoms with Crippen LogP contribution in [0, 0.1) is 11.6 Å². The minimum Gasteiger partial charge on any atom is -0.306 e. The highest BCUT2D eigenvalue weighted by molar-refractivity contribution is 7.22. The van der Waals surface area contributed by atoms with Crippen LogP contribution >= 0.6 is 23.7 Å². The fourth-order valence-electron chi connectivity index (χ4n) is 5.74. The normalized spacial score (nSPS) is 11.1. The summed E-state index contributed by atoms with van der Waals surface area (Å²) in [6.45, 7) is 3.18. The molecule has 2 aromatic heterocycles. The summed E-state index contributed by atoms with van der Waals surface area (Å²) in [6, 6.07) is 28.5. The van der Waals surface area contributed by atoms with Crippen molar-refractivity contribution >= 4 is 45.7 Å². The van der Waals surface area contributed by atoms with E-state index in [0.717, 1.165) is 27.8 Å². The first-order chi connectivity index (χ1) is 23.8. The molecule has 0 atom stereocenters. The summed E-state index contributed by atoms with van der Waals surface area (Å²) in [7, 11) is 1.33. The Bertz CT molecular complexity index is 2210. The third-order valence-electron chi connectivity index (χ3n) is 8.14. The SMILES string of the molecule is CCN(Cc1ccccc1)Cc1c(-c2ccc(NC(=O)NOC)cc2)sc2c1c(=O)n(-c1ccccc1)c(=O)n2Cc1c(F)cccc1F.Cl. The lowest BCUT2D eigenvalue weighted by Gasteiger charge is -2.21. The summed E-state index contributed by atoms with van der Waals surface area (Å²) in [5.74, 6) is -1.59. The summed E-state index contributed by atoms with van der Waals surface area (Å²) in [5, 5.41) is 2.96. The summed E-state index contributed by atoms with van der Waals surface area (Å²) >= 11 is 1.21. The fourth-order valence-corrected chi connectivity index (χ4v) is 7.04. The maximum atomic E-state index is 15.1. The Balaban J connectivity index is 0.00000486. The molecule has 0 saturated heterocycles. The minimum absolute atomic E-state index is 0. The van der Waals surface area contributed by atoms with Crippen LogP contribution in [0.5, 0.6) is 0 Å². The molecule has 0 saturated carbocycles. The van der Waals surface area contributed by atoms with E-state index < -0.39 is 35.5 Å². The van der Waals surface area contributed by atoms with Gasteiger partial charge in [-0.1, -0.05) is 73.7 Å². The molecule has 13 heteroatoms. The third kappa shape index (κ3) is 7.53. The first kappa shape index (κ1) is 36.1. The van der Waals surface area contributed by atoms with E-state index in [2.05, 4.69) is 20.5 Å². The van der Waals surface area contributed by atoms with Crippen LogP contribution in [-0.2, 0) is 24.5 Å². The first-order valence-electron chi connectivity index (χ1n) is 15.5. The Morgan fingerprint density at radius 2 is 1.48 bits per heavy atom. The number of carbonyl (C=O) groups excluding carboxylic acids is 1. The molecule has 6 aromatic rings. The number of halogens is 3. The van der Waals surface area contributed by atoms with Crippen LogP contribution in [0.4, 0.5) is 19.3 Å². The summed E-state index contributed by atoms with van der Waals surface area (Å²) in [4.78, 5) is 48.7. The number of hydrogen-bond acceptors (Lipinski definition) is 6. The lowest BCUT2D eigenvalue weighted by atomic mass is 10.1. The quantitative estimate of drug-likeness (QED) is 0.137.